The molecule has 1 saturated heterocycles. The van der Waals surface area contributed by atoms with Gasteiger partial charge in [-0.05, 0) is 32.4 Å². The van der Waals surface area contributed by atoms with Crippen LogP contribution >= 0.6 is 0 Å². The van der Waals surface area contributed by atoms with Crippen molar-refractivity contribution >= 4 is 11.7 Å². The monoisotopic (exact) mass is 346 g/mol. The molecule has 1 atom stereocenters. The highest BCUT2D eigenvalue weighted by Gasteiger charge is 2.34. The Kier molecular flexibility index (Phi) is 5.98. The van der Waals surface area contributed by atoms with E-state index in [0.29, 0.717) is 25.4 Å². The lowest BCUT2D eigenvalue weighted by Crippen LogP contribution is -2.54. The molecule has 0 aromatic carbocycles. The van der Waals surface area contributed by atoms with Crippen LogP contribution in [0.5, 0.6) is 0 Å². The molecule has 1 unspecified atom stereocenters. The third-order valence-corrected chi connectivity index (χ3v) is 4.02. The highest BCUT2D eigenvalue weighted by molar-refractivity contribution is 5.76. The van der Waals surface area contributed by atoms with Crippen molar-refractivity contribution in [2.45, 2.75) is 32.5 Å². The molecule has 1 aromatic rings. The summed E-state index contributed by atoms with van der Waals surface area (Å²) in [5, 5.41) is 9.20. The van der Waals surface area contributed by atoms with E-state index in [2.05, 4.69) is 16.0 Å². The van der Waals surface area contributed by atoms with E-state index in [1.165, 1.54) is 4.90 Å². The Morgan fingerprint density at radius 2 is 2.24 bits per heavy atom. The maximum atomic E-state index is 11.6. The SMILES string of the molecule is Cc1ccc(N2CC(COCC(=O)N(C)C)OC(C)(C)C2)nc1C#N. The first kappa shape index (κ1) is 19.2. The number of hydrogen-bond acceptors (Lipinski definition) is 6. The minimum absolute atomic E-state index is 0.0364. The second-order valence-corrected chi connectivity index (χ2v) is 7.13. The van der Waals surface area contributed by atoms with Crippen LogP contribution in [0.15, 0.2) is 12.1 Å². The van der Waals surface area contributed by atoms with Gasteiger partial charge in [-0.3, -0.25) is 4.79 Å². The van der Waals surface area contributed by atoms with Crippen LogP contribution in [0.2, 0.25) is 0 Å². The number of carbonyl (C=O) groups excluding carboxylic acids is 1. The van der Waals surface area contributed by atoms with Crippen molar-refractivity contribution < 1.29 is 14.3 Å². The van der Waals surface area contributed by atoms with Crippen LogP contribution in [0.1, 0.15) is 25.1 Å². The number of nitriles is 1. The van der Waals surface area contributed by atoms with E-state index in [-0.39, 0.29) is 24.2 Å². The van der Waals surface area contributed by atoms with Crippen molar-refractivity contribution in [3.8, 4) is 6.07 Å². The first-order valence-electron chi connectivity index (χ1n) is 8.30. The molecular weight excluding hydrogens is 320 g/mol. The van der Waals surface area contributed by atoms with Crippen molar-refractivity contribution in [3.63, 3.8) is 0 Å². The number of ether oxygens (including phenoxy) is 2. The second-order valence-electron chi connectivity index (χ2n) is 7.13. The minimum Gasteiger partial charge on any atom is -0.369 e. The number of pyridine rings is 1. The molecule has 2 heterocycles. The van der Waals surface area contributed by atoms with Gasteiger partial charge in [0.1, 0.15) is 24.2 Å². The van der Waals surface area contributed by atoms with Gasteiger partial charge in [0.2, 0.25) is 5.91 Å². The number of aromatic nitrogens is 1. The predicted molar refractivity (Wildman–Crippen MR) is 94.4 cm³/mol. The van der Waals surface area contributed by atoms with Gasteiger partial charge in [-0.15, -0.1) is 0 Å². The first-order valence-corrected chi connectivity index (χ1v) is 8.30. The lowest BCUT2D eigenvalue weighted by molar-refractivity contribution is -0.139. The van der Waals surface area contributed by atoms with Crippen LogP contribution in [0, 0.1) is 18.3 Å². The molecule has 0 saturated carbocycles. The molecule has 1 fully saturated rings. The van der Waals surface area contributed by atoms with E-state index in [9.17, 15) is 10.1 Å². The molecule has 136 valence electrons. The van der Waals surface area contributed by atoms with Crippen molar-refractivity contribution in [3.05, 3.63) is 23.4 Å². The maximum absolute atomic E-state index is 11.6. The van der Waals surface area contributed by atoms with Crippen molar-refractivity contribution in [1.82, 2.24) is 9.88 Å². The molecule has 7 heteroatoms. The van der Waals surface area contributed by atoms with Gasteiger partial charge in [0.05, 0.1) is 18.3 Å². The van der Waals surface area contributed by atoms with Crippen LogP contribution in [0.25, 0.3) is 0 Å². The number of carbonyl (C=O) groups is 1. The van der Waals surface area contributed by atoms with Crippen molar-refractivity contribution in [2.75, 3.05) is 45.3 Å². The van der Waals surface area contributed by atoms with E-state index >= 15 is 0 Å². The molecule has 0 aliphatic carbocycles. The molecule has 0 bridgehead atoms. The zero-order chi connectivity index (χ0) is 18.6. The molecule has 1 amide bonds. The molecule has 0 spiro atoms. The zero-order valence-electron chi connectivity index (χ0n) is 15.6. The van der Waals surface area contributed by atoms with E-state index in [1.54, 1.807) is 14.1 Å². The van der Waals surface area contributed by atoms with Gasteiger partial charge in [0.25, 0.3) is 0 Å². The van der Waals surface area contributed by atoms with E-state index in [4.69, 9.17) is 9.47 Å². The highest BCUT2D eigenvalue weighted by Crippen LogP contribution is 2.25. The Morgan fingerprint density at radius 1 is 1.52 bits per heavy atom. The Balaban J connectivity index is 2.05. The van der Waals surface area contributed by atoms with Crippen molar-refractivity contribution in [2.24, 2.45) is 0 Å². The van der Waals surface area contributed by atoms with Crippen LogP contribution in [0.4, 0.5) is 5.82 Å². The summed E-state index contributed by atoms with van der Waals surface area (Å²) in [5.74, 6) is 0.679. The number of hydrogen-bond donors (Lipinski definition) is 0. The smallest absolute Gasteiger partial charge is 0.248 e. The van der Waals surface area contributed by atoms with Crippen LogP contribution in [-0.4, -0.2) is 67.9 Å². The predicted octanol–water partition coefficient (Wildman–Crippen LogP) is 1.35. The van der Waals surface area contributed by atoms with Gasteiger partial charge < -0.3 is 19.3 Å². The van der Waals surface area contributed by atoms with Gasteiger partial charge in [0.15, 0.2) is 0 Å². The number of anilines is 1. The fourth-order valence-electron chi connectivity index (χ4n) is 2.77. The molecular formula is C18H26N4O3. The van der Waals surface area contributed by atoms with E-state index in [0.717, 1.165) is 11.4 Å². The van der Waals surface area contributed by atoms with E-state index in [1.807, 2.05) is 32.9 Å². The summed E-state index contributed by atoms with van der Waals surface area (Å²) in [6.07, 6.45) is -0.174. The number of aryl methyl sites for hydroxylation is 1. The molecule has 0 radical (unpaired) electrons. The largest absolute Gasteiger partial charge is 0.369 e. The fourth-order valence-corrected chi connectivity index (χ4v) is 2.77. The molecule has 1 aromatic heterocycles. The fraction of sp³-hybridized carbons (Fsp3) is 0.611. The third kappa shape index (κ3) is 5.15. The van der Waals surface area contributed by atoms with Crippen molar-refractivity contribution in [1.29, 1.82) is 5.26 Å². The number of likely N-dealkylation sites (N-methyl/N-ethyl adjacent to an activating group) is 1. The number of morpholine rings is 1. The lowest BCUT2D eigenvalue weighted by atomic mass is 10.1. The summed E-state index contributed by atoms with van der Waals surface area (Å²) in [7, 11) is 3.40. The highest BCUT2D eigenvalue weighted by atomic mass is 16.5. The Bertz CT molecular complexity index is 667. The number of rotatable bonds is 5. The average Bonchev–Trinajstić information content (AvgIpc) is 2.53. The summed E-state index contributed by atoms with van der Waals surface area (Å²) in [5.41, 5.74) is 0.920. The Labute approximate surface area is 149 Å². The topological polar surface area (TPSA) is 78.7 Å². The quantitative estimate of drug-likeness (QED) is 0.801. The van der Waals surface area contributed by atoms with Gasteiger partial charge in [-0.2, -0.15) is 5.26 Å². The molecule has 2 rings (SSSR count). The van der Waals surface area contributed by atoms with Gasteiger partial charge >= 0.3 is 0 Å². The molecule has 0 N–H and O–H groups in total. The lowest BCUT2D eigenvalue weighted by Gasteiger charge is -2.43. The summed E-state index contributed by atoms with van der Waals surface area (Å²) < 4.78 is 11.6. The summed E-state index contributed by atoms with van der Waals surface area (Å²) >= 11 is 0. The maximum Gasteiger partial charge on any atom is 0.248 e. The first-order chi connectivity index (χ1) is 11.7. The second kappa shape index (κ2) is 7.81. The number of amides is 1. The summed E-state index contributed by atoms with van der Waals surface area (Å²) in [4.78, 5) is 19.7. The molecule has 25 heavy (non-hydrogen) atoms. The van der Waals surface area contributed by atoms with E-state index < -0.39 is 0 Å². The van der Waals surface area contributed by atoms with Gasteiger partial charge in [-0.25, -0.2) is 4.98 Å². The van der Waals surface area contributed by atoms with Crippen LogP contribution < -0.4 is 4.90 Å². The van der Waals surface area contributed by atoms with Gasteiger partial charge in [-0.1, -0.05) is 6.07 Å². The van der Waals surface area contributed by atoms with Crippen LogP contribution in [-0.2, 0) is 14.3 Å². The Morgan fingerprint density at radius 3 is 2.88 bits per heavy atom. The summed E-state index contributed by atoms with van der Waals surface area (Å²) in [6, 6.07) is 5.96. The zero-order valence-corrected chi connectivity index (χ0v) is 15.6. The molecule has 7 nitrogen and oxygen atoms in total. The average molecular weight is 346 g/mol. The summed E-state index contributed by atoms with van der Waals surface area (Å²) in [6.45, 7) is 7.52. The molecule has 1 aliphatic heterocycles. The normalized spacial score (nSPS) is 19.4. The van der Waals surface area contributed by atoms with Gasteiger partial charge in [0, 0.05) is 27.2 Å². The Hall–Kier alpha value is -2.17. The van der Waals surface area contributed by atoms with Crippen LogP contribution in [0.3, 0.4) is 0 Å². The third-order valence-electron chi connectivity index (χ3n) is 4.02. The standard InChI is InChI=1S/C18H26N4O3/c1-13-6-7-16(20-15(13)8-19)22-9-14(25-18(2,3)12-22)10-24-11-17(23)21(4)5/h6-7,14H,9-12H2,1-5H3. The minimum atomic E-state index is -0.378. The number of nitrogens with zero attached hydrogens (tertiary/aromatic N) is 4. The molecule has 1 aliphatic rings.